The van der Waals surface area contributed by atoms with Crippen LogP contribution in [-0.4, -0.2) is 37.2 Å². The molecule has 1 aromatic rings. The van der Waals surface area contributed by atoms with E-state index in [2.05, 4.69) is 5.32 Å². The lowest BCUT2D eigenvalue weighted by atomic mass is 10.1. The number of nitrogens with one attached hydrogen (secondary N) is 1. The molecule has 0 bridgehead atoms. The van der Waals surface area contributed by atoms with Gasteiger partial charge in [-0.1, -0.05) is 0 Å². The maximum absolute atomic E-state index is 12.8. The molecule has 1 fully saturated rings. The quantitative estimate of drug-likeness (QED) is 0.676. The predicted octanol–water partition coefficient (Wildman–Crippen LogP) is -0.985. The maximum atomic E-state index is 12.8. The summed E-state index contributed by atoms with van der Waals surface area (Å²) in [5.41, 5.74) is 0.419. The Hall–Kier alpha value is -1.99. The third kappa shape index (κ3) is 5.09. The molecule has 2 rings (SSSR count). The van der Waals surface area contributed by atoms with Crippen molar-refractivity contribution in [1.82, 2.24) is 0 Å². The Morgan fingerprint density at radius 2 is 2.14 bits per heavy atom. The predicted molar refractivity (Wildman–Crippen MR) is 74.2 cm³/mol. The van der Waals surface area contributed by atoms with Crippen LogP contribution in [0.2, 0.25) is 0 Å². The zero-order valence-electron chi connectivity index (χ0n) is 12.1. The highest BCUT2D eigenvalue weighted by Gasteiger charge is 2.23. The molecule has 0 unspecified atom stereocenters. The zero-order valence-corrected chi connectivity index (χ0v) is 12.1. The number of anilines is 1. The standard InChI is InChI=1S/C15H19FN2O4/c16-10-3-5-11(6-4-10)18-14(19)8-13(15(20)21)17-9-12-2-1-7-22-12/h3-6,12-13,17H,1-2,7-9H2,(H,18,19)(H,20,21)/t12-,13-/m1/s1. The molecule has 0 saturated carbocycles. The number of halogens is 1. The van der Waals surface area contributed by atoms with Gasteiger partial charge in [-0.05, 0) is 37.1 Å². The molecule has 0 aliphatic carbocycles. The molecule has 0 radical (unpaired) electrons. The van der Waals surface area contributed by atoms with E-state index in [1.54, 1.807) is 5.32 Å². The van der Waals surface area contributed by atoms with Crippen molar-refractivity contribution in [3.63, 3.8) is 0 Å². The van der Waals surface area contributed by atoms with Crippen LogP contribution in [0.1, 0.15) is 19.3 Å². The molecule has 1 saturated heterocycles. The summed E-state index contributed by atoms with van der Waals surface area (Å²) in [5, 5.41) is 15.2. The number of ether oxygens (including phenoxy) is 1. The van der Waals surface area contributed by atoms with Crippen LogP contribution >= 0.6 is 0 Å². The van der Waals surface area contributed by atoms with E-state index in [9.17, 15) is 19.1 Å². The first kappa shape index (κ1) is 16.4. The number of carboxylic acid groups (broad SMARTS) is 1. The van der Waals surface area contributed by atoms with Gasteiger partial charge in [0.05, 0.1) is 12.4 Å². The fourth-order valence-corrected chi connectivity index (χ4v) is 2.35. The molecule has 0 aromatic heterocycles. The van der Waals surface area contributed by atoms with Crippen molar-refractivity contribution in [2.24, 2.45) is 0 Å². The highest BCUT2D eigenvalue weighted by atomic mass is 19.1. The topological polar surface area (TPSA) is 95.1 Å². The molecule has 7 heteroatoms. The molecule has 1 amide bonds. The van der Waals surface area contributed by atoms with Crippen LogP contribution in [0.3, 0.4) is 0 Å². The van der Waals surface area contributed by atoms with Crippen LogP contribution in [0.4, 0.5) is 10.1 Å². The number of quaternary nitrogens is 1. The first-order chi connectivity index (χ1) is 10.5. The first-order valence-corrected chi connectivity index (χ1v) is 7.26. The van der Waals surface area contributed by atoms with Crippen LogP contribution < -0.4 is 15.7 Å². The van der Waals surface area contributed by atoms with E-state index in [1.807, 2.05) is 0 Å². The Bertz CT molecular complexity index is 515. The first-order valence-electron chi connectivity index (χ1n) is 7.26. The molecule has 0 spiro atoms. The van der Waals surface area contributed by atoms with Crippen molar-refractivity contribution < 1.29 is 29.1 Å². The van der Waals surface area contributed by atoms with Crippen molar-refractivity contribution >= 4 is 17.6 Å². The van der Waals surface area contributed by atoms with Crippen LogP contribution in [-0.2, 0) is 14.3 Å². The van der Waals surface area contributed by atoms with Crippen LogP contribution in [0.15, 0.2) is 24.3 Å². The summed E-state index contributed by atoms with van der Waals surface area (Å²) in [4.78, 5) is 23.0. The minimum atomic E-state index is -1.28. The normalized spacial score (nSPS) is 18.9. The number of carbonyl (C=O) groups is 2. The zero-order chi connectivity index (χ0) is 15.9. The highest BCUT2D eigenvalue weighted by Crippen LogP contribution is 2.10. The summed E-state index contributed by atoms with van der Waals surface area (Å²) < 4.78 is 18.2. The fourth-order valence-electron chi connectivity index (χ4n) is 2.35. The Morgan fingerprint density at radius 3 is 2.73 bits per heavy atom. The van der Waals surface area contributed by atoms with Gasteiger partial charge >= 0.3 is 0 Å². The Labute approximate surface area is 127 Å². The van der Waals surface area contributed by atoms with E-state index in [0.29, 0.717) is 18.8 Å². The maximum Gasteiger partial charge on any atom is 0.230 e. The van der Waals surface area contributed by atoms with Gasteiger partial charge in [-0.2, -0.15) is 0 Å². The average Bonchev–Trinajstić information content (AvgIpc) is 2.99. The largest absolute Gasteiger partial charge is 0.544 e. The van der Waals surface area contributed by atoms with Gasteiger partial charge in [0.1, 0.15) is 24.5 Å². The van der Waals surface area contributed by atoms with Gasteiger partial charge in [0.25, 0.3) is 0 Å². The summed E-state index contributed by atoms with van der Waals surface area (Å²) in [6.07, 6.45) is 1.69. The van der Waals surface area contributed by atoms with Crippen molar-refractivity contribution in [2.45, 2.75) is 31.4 Å². The molecule has 1 aliphatic heterocycles. The molecule has 6 nitrogen and oxygen atoms in total. The Morgan fingerprint density at radius 1 is 1.41 bits per heavy atom. The second kappa shape index (κ2) is 7.86. The number of benzene rings is 1. The molecular formula is C15H19FN2O4. The Balaban J connectivity index is 1.82. The molecular weight excluding hydrogens is 291 g/mol. The van der Waals surface area contributed by atoms with Crippen molar-refractivity contribution in [2.75, 3.05) is 18.5 Å². The SMILES string of the molecule is O=C(C[C@@H]([NH2+]C[C@H]1CCCO1)C(=O)[O-])Nc1ccc(F)cc1. The van der Waals surface area contributed by atoms with Crippen LogP contribution in [0.25, 0.3) is 0 Å². The molecule has 3 N–H and O–H groups in total. The smallest absolute Gasteiger partial charge is 0.230 e. The lowest BCUT2D eigenvalue weighted by Crippen LogP contribution is -2.94. The minimum absolute atomic E-state index is 0.0296. The Kier molecular flexibility index (Phi) is 5.85. The fraction of sp³-hybridized carbons (Fsp3) is 0.467. The monoisotopic (exact) mass is 310 g/mol. The number of aliphatic carboxylic acids is 1. The second-order valence-electron chi connectivity index (χ2n) is 5.29. The van der Waals surface area contributed by atoms with Crippen molar-refractivity contribution in [3.8, 4) is 0 Å². The van der Waals surface area contributed by atoms with E-state index in [-0.39, 0.29) is 12.5 Å². The number of rotatable bonds is 7. The molecule has 1 aliphatic rings. The lowest BCUT2D eigenvalue weighted by Gasteiger charge is -2.18. The number of carbonyl (C=O) groups excluding carboxylic acids is 2. The minimum Gasteiger partial charge on any atom is -0.544 e. The van der Waals surface area contributed by atoms with E-state index in [1.165, 1.54) is 24.3 Å². The van der Waals surface area contributed by atoms with Crippen LogP contribution in [0.5, 0.6) is 0 Å². The third-order valence-electron chi connectivity index (χ3n) is 3.54. The van der Waals surface area contributed by atoms with E-state index in [4.69, 9.17) is 4.74 Å². The molecule has 1 heterocycles. The highest BCUT2D eigenvalue weighted by molar-refractivity contribution is 5.93. The lowest BCUT2D eigenvalue weighted by molar-refractivity contribution is -0.687. The number of amides is 1. The van der Waals surface area contributed by atoms with E-state index in [0.717, 1.165) is 12.8 Å². The van der Waals surface area contributed by atoms with Crippen molar-refractivity contribution in [1.29, 1.82) is 0 Å². The average molecular weight is 310 g/mol. The van der Waals surface area contributed by atoms with Crippen LogP contribution in [0, 0.1) is 5.82 Å². The summed E-state index contributed by atoms with van der Waals surface area (Å²) >= 11 is 0. The van der Waals surface area contributed by atoms with E-state index >= 15 is 0 Å². The second-order valence-corrected chi connectivity index (χ2v) is 5.29. The molecule has 22 heavy (non-hydrogen) atoms. The third-order valence-corrected chi connectivity index (χ3v) is 3.54. The van der Waals surface area contributed by atoms with Gasteiger partial charge in [-0.25, -0.2) is 4.39 Å². The van der Waals surface area contributed by atoms with Gasteiger partial charge < -0.3 is 25.3 Å². The number of hydrogen-bond donors (Lipinski definition) is 2. The molecule has 1 aromatic carbocycles. The van der Waals surface area contributed by atoms with Gasteiger partial charge in [-0.15, -0.1) is 0 Å². The summed E-state index contributed by atoms with van der Waals surface area (Å²) in [7, 11) is 0. The number of carboxylic acids is 1. The van der Waals surface area contributed by atoms with Gasteiger partial charge in [-0.3, -0.25) is 4.79 Å². The summed E-state index contributed by atoms with van der Waals surface area (Å²) in [6, 6.07) is 4.30. The van der Waals surface area contributed by atoms with Gasteiger partial charge in [0, 0.05) is 12.3 Å². The summed E-state index contributed by atoms with van der Waals surface area (Å²) in [6.45, 7) is 1.18. The number of hydrogen-bond acceptors (Lipinski definition) is 4. The van der Waals surface area contributed by atoms with Crippen molar-refractivity contribution in [3.05, 3.63) is 30.1 Å². The number of nitrogens with two attached hydrogens (primary N) is 1. The summed E-state index contributed by atoms with van der Waals surface area (Å²) in [5.74, 6) is -2.15. The molecule has 120 valence electrons. The molecule has 2 atom stereocenters. The van der Waals surface area contributed by atoms with Gasteiger partial charge in [0.2, 0.25) is 5.91 Å². The van der Waals surface area contributed by atoms with Gasteiger partial charge in [0.15, 0.2) is 0 Å². The van der Waals surface area contributed by atoms with E-state index < -0.39 is 23.7 Å².